The van der Waals surface area contributed by atoms with Crippen LogP contribution in [0.5, 0.6) is 5.75 Å². The third-order valence-electron chi connectivity index (χ3n) is 3.95. The van der Waals surface area contributed by atoms with Crippen molar-refractivity contribution in [2.24, 2.45) is 10.9 Å². The van der Waals surface area contributed by atoms with E-state index in [2.05, 4.69) is 15.6 Å². The molecule has 0 bridgehead atoms. The lowest BCUT2D eigenvalue weighted by molar-refractivity contribution is 0.154. The lowest BCUT2D eigenvalue weighted by Crippen LogP contribution is -2.38. The van der Waals surface area contributed by atoms with Gasteiger partial charge in [0.25, 0.3) is 0 Å². The van der Waals surface area contributed by atoms with Gasteiger partial charge in [0.1, 0.15) is 15.6 Å². The molecule has 1 saturated carbocycles. The molecule has 0 spiro atoms. The highest BCUT2D eigenvalue weighted by Gasteiger charge is 2.22. The Balaban J connectivity index is 1.68. The number of nitrogens with one attached hydrogen (secondary N) is 2. The number of ether oxygens (including phenoxy) is 2. The van der Waals surface area contributed by atoms with E-state index in [4.69, 9.17) is 9.47 Å². The lowest BCUT2D eigenvalue weighted by Gasteiger charge is -2.15. The smallest absolute Gasteiger partial charge is 0.191 e. The molecule has 1 aliphatic carbocycles. The summed E-state index contributed by atoms with van der Waals surface area (Å²) in [4.78, 5) is 4.18. The fraction of sp³-hybridized carbons (Fsp3) is 0.611. The minimum Gasteiger partial charge on any atom is -0.493 e. The average Bonchev–Trinajstić information content (AvgIpc) is 3.43. The van der Waals surface area contributed by atoms with Crippen molar-refractivity contribution in [3.63, 3.8) is 0 Å². The zero-order valence-corrected chi connectivity index (χ0v) is 16.3. The summed E-state index contributed by atoms with van der Waals surface area (Å²) in [5.74, 6) is 2.32. The number of rotatable bonds is 11. The van der Waals surface area contributed by atoms with Crippen LogP contribution in [0.1, 0.15) is 18.4 Å². The first-order valence-corrected chi connectivity index (χ1v) is 10.9. The molecule has 1 aliphatic rings. The van der Waals surface area contributed by atoms with Crippen LogP contribution in [0, 0.1) is 5.92 Å². The van der Waals surface area contributed by atoms with Crippen molar-refractivity contribution in [1.29, 1.82) is 0 Å². The molecule has 146 valence electrons. The largest absolute Gasteiger partial charge is 0.493 e. The Labute approximate surface area is 156 Å². The fourth-order valence-corrected chi connectivity index (χ4v) is 2.66. The molecule has 0 amide bonds. The predicted molar refractivity (Wildman–Crippen MR) is 103 cm³/mol. The van der Waals surface area contributed by atoms with Crippen molar-refractivity contribution in [2.45, 2.75) is 19.4 Å². The molecule has 0 heterocycles. The molecule has 2 N–H and O–H groups in total. The van der Waals surface area contributed by atoms with Gasteiger partial charge in [-0.3, -0.25) is 4.99 Å². The van der Waals surface area contributed by atoms with Gasteiger partial charge >= 0.3 is 0 Å². The third-order valence-corrected chi connectivity index (χ3v) is 4.86. The van der Waals surface area contributed by atoms with Crippen LogP contribution < -0.4 is 15.4 Å². The number of benzene rings is 1. The van der Waals surface area contributed by atoms with Crippen molar-refractivity contribution >= 4 is 15.8 Å². The predicted octanol–water partition coefficient (Wildman–Crippen LogP) is 1.20. The first kappa shape index (κ1) is 20.5. The maximum absolute atomic E-state index is 11.0. The summed E-state index contributed by atoms with van der Waals surface area (Å²) in [5, 5.41) is 6.39. The summed E-state index contributed by atoms with van der Waals surface area (Å²) in [7, 11) is -1.27. The average molecular weight is 384 g/mol. The molecule has 1 aromatic carbocycles. The number of hydrogen-bond acceptors (Lipinski definition) is 5. The molecule has 1 aromatic rings. The van der Waals surface area contributed by atoms with E-state index in [0.717, 1.165) is 17.9 Å². The summed E-state index contributed by atoms with van der Waals surface area (Å²) in [6.07, 6.45) is 3.74. The van der Waals surface area contributed by atoms with Crippen LogP contribution in [0.25, 0.3) is 0 Å². The second kappa shape index (κ2) is 10.4. The molecular formula is C18H29N3O4S. The second-order valence-corrected chi connectivity index (χ2v) is 8.72. The Morgan fingerprint density at radius 1 is 1.23 bits per heavy atom. The number of nitrogens with zero attached hydrogens (tertiary/aromatic N) is 1. The van der Waals surface area contributed by atoms with Gasteiger partial charge in [-0.25, -0.2) is 8.42 Å². The summed E-state index contributed by atoms with van der Waals surface area (Å²) >= 11 is 0. The van der Waals surface area contributed by atoms with Gasteiger partial charge in [-0.05, 0) is 24.8 Å². The minimum atomic E-state index is -2.98. The van der Waals surface area contributed by atoms with E-state index in [-0.39, 0.29) is 12.4 Å². The van der Waals surface area contributed by atoms with E-state index in [1.807, 2.05) is 24.3 Å². The van der Waals surface area contributed by atoms with Crippen LogP contribution in [0.3, 0.4) is 0 Å². The SMILES string of the molecule is CN=C(NCCOCCS(C)(=O)=O)NCc1ccccc1OCC1CC1. The van der Waals surface area contributed by atoms with Gasteiger partial charge in [0.2, 0.25) is 0 Å². The molecule has 1 fully saturated rings. The number of sulfone groups is 1. The molecule has 0 saturated heterocycles. The zero-order chi connectivity index (χ0) is 18.8. The molecule has 0 unspecified atom stereocenters. The van der Waals surface area contributed by atoms with Crippen molar-refractivity contribution < 1.29 is 17.9 Å². The first-order valence-electron chi connectivity index (χ1n) is 8.88. The second-order valence-electron chi connectivity index (χ2n) is 6.46. The molecule has 0 radical (unpaired) electrons. The van der Waals surface area contributed by atoms with Crippen molar-refractivity contribution in [3.8, 4) is 5.75 Å². The standard InChI is InChI=1S/C18H29N3O4S/c1-19-18(20-9-10-24-11-12-26(2,22)23)21-13-16-5-3-4-6-17(16)25-14-15-7-8-15/h3-6,15H,7-14H2,1-2H3,(H2,19,20,21). The van der Waals surface area contributed by atoms with Gasteiger partial charge in [0.05, 0.1) is 25.6 Å². The molecule has 0 atom stereocenters. The molecule has 26 heavy (non-hydrogen) atoms. The maximum Gasteiger partial charge on any atom is 0.191 e. The van der Waals surface area contributed by atoms with Crippen LogP contribution in [0.4, 0.5) is 0 Å². The van der Waals surface area contributed by atoms with Crippen LogP contribution in [0.2, 0.25) is 0 Å². The van der Waals surface area contributed by atoms with Gasteiger partial charge in [0.15, 0.2) is 5.96 Å². The summed E-state index contributed by atoms with van der Waals surface area (Å²) in [5.41, 5.74) is 1.08. The molecule has 0 aromatic heterocycles. The summed E-state index contributed by atoms with van der Waals surface area (Å²) < 4.78 is 33.2. The van der Waals surface area contributed by atoms with Crippen LogP contribution in [0.15, 0.2) is 29.3 Å². The molecule has 8 heteroatoms. The van der Waals surface area contributed by atoms with Gasteiger partial charge in [0, 0.05) is 32.0 Å². The van der Waals surface area contributed by atoms with Crippen molar-refractivity contribution in [2.75, 3.05) is 45.4 Å². The normalized spacial score (nSPS) is 14.9. The van der Waals surface area contributed by atoms with E-state index >= 15 is 0 Å². The third kappa shape index (κ3) is 8.53. The number of aliphatic imine (C=N–C) groups is 1. The van der Waals surface area contributed by atoms with E-state index in [1.165, 1.54) is 19.1 Å². The topological polar surface area (TPSA) is 89.0 Å². The maximum atomic E-state index is 11.0. The number of para-hydroxylation sites is 1. The highest BCUT2D eigenvalue weighted by atomic mass is 32.2. The lowest BCUT2D eigenvalue weighted by atomic mass is 10.2. The van der Waals surface area contributed by atoms with E-state index < -0.39 is 9.84 Å². The Morgan fingerprint density at radius 2 is 2.00 bits per heavy atom. The van der Waals surface area contributed by atoms with Gasteiger partial charge in [-0.15, -0.1) is 0 Å². The summed E-state index contributed by atoms with van der Waals surface area (Å²) in [6, 6.07) is 8.00. The van der Waals surface area contributed by atoms with Crippen molar-refractivity contribution in [3.05, 3.63) is 29.8 Å². The van der Waals surface area contributed by atoms with E-state index in [1.54, 1.807) is 7.05 Å². The molecule has 0 aliphatic heterocycles. The monoisotopic (exact) mass is 383 g/mol. The minimum absolute atomic E-state index is 0.0393. The highest BCUT2D eigenvalue weighted by Crippen LogP contribution is 2.30. The van der Waals surface area contributed by atoms with Crippen molar-refractivity contribution in [1.82, 2.24) is 10.6 Å². The quantitative estimate of drug-likeness (QED) is 0.339. The first-order chi connectivity index (χ1) is 12.5. The van der Waals surface area contributed by atoms with Gasteiger partial charge in [-0.2, -0.15) is 0 Å². The van der Waals surface area contributed by atoms with Gasteiger partial charge < -0.3 is 20.1 Å². The highest BCUT2D eigenvalue weighted by molar-refractivity contribution is 7.90. The Bertz CT molecular complexity index is 687. The van der Waals surface area contributed by atoms with Crippen LogP contribution in [-0.4, -0.2) is 59.8 Å². The van der Waals surface area contributed by atoms with E-state index in [0.29, 0.717) is 31.6 Å². The Hall–Kier alpha value is -1.80. The number of hydrogen-bond donors (Lipinski definition) is 2. The summed E-state index contributed by atoms with van der Waals surface area (Å²) in [6.45, 7) is 2.56. The Morgan fingerprint density at radius 3 is 2.69 bits per heavy atom. The van der Waals surface area contributed by atoms with Crippen LogP contribution >= 0.6 is 0 Å². The fourth-order valence-electron chi connectivity index (χ4n) is 2.24. The molecule has 7 nitrogen and oxygen atoms in total. The number of guanidine groups is 1. The molecule has 2 rings (SSSR count). The van der Waals surface area contributed by atoms with Gasteiger partial charge in [-0.1, -0.05) is 18.2 Å². The Kier molecular flexibility index (Phi) is 8.18. The van der Waals surface area contributed by atoms with Crippen LogP contribution in [-0.2, 0) is 21.1 Å². The zero-order valence-electron chi connectivity index (χ0n) is 15.5. The van der Waals surface area contributed by atoms with E-state index in [9.17, 15) is 8.42 Å². The molecular weight excluding hydrogens is 354 g/mol.